The minimum absolute atomic E-state index is 0.330. The Bertz CT molecular complexity index is 482. The molecule has 0 saturated carbocycles. The van der Waals surface area contributed by atoms with Crippen molar-refractivity contribution < 1.29 is 18.7 Å². The summed E-state index contributed by atoms with van der Waals surface area (Å²) in [6.07, 6.45) is 8.39. The molecule has 0 saturated heterocycles. The van der Waals surface area contributed by atoms with Crippen LogP contribution in [0.2, 0.25) is 0 Å². The molecule has 0 unspecified atom stereocenters. The number of ether oxygens (including phenoxy) is 2. The normalized spacial score (nSPS) is 19.5. The number of rotatable bonds is 6. The fourth-order valence-electron chi connectivity index (χ4n) is 1.84. The predicted molar refractivity (Wildman–Crippen MR) is 70.4 cm³/mol. The Hall–Kier alpha value is -1.81. The molecule has 2 rings (SSSR count). The van der Waals surface area contributed by atoms with Gasteiger partial charge in [-0.15, -0.1) is 0 Å². The van der Waals surface area contributed by atoms with E-state index in [-0.39, 0.29) is 5.97 Å². The van der Waals surface area contributed by atoms with Crippen LogP contribution in [0.15, 0.2) is 46.3 Å². The van der Waals surface area contributed by atoms with E-state index in [9.17, 15) is 4.79 Å². The molecule has 4 nitrogen and oxygen atoms in total. The van der Waals surface area contributed by atoms with Gasteiger partial charge in [0.25, 0.3) is 0 Å². The minimum atomic E-state index is -0.523. The van der Waals surface area contributed by atoms with Gasteiger partial charge in [0.2, 0.25) is 6.29 Å². The molecule has 0 fully saturated rings. The highest BCUT2D eigenvalue weighted by molar-refractivity contribution is 5.85. The molecule has 0 bridgehead atoms. The Morgan fingerprint density at radius 2 is 2.37 bits per heavy atom. The zero-order valence-corrected chi connectivity index (χ0v) is 11.2. The molecule has 102 valence electrons. The highest BCUT2D eigenvalue weighted by Gasteiger charge is 2.23. The Labute approximate surface area is 112 Å². The molecule has 1 aromatic rings. The second-order valence-electron chi connectivity index (χ2n) is 4.69. The summed E-state index contributed by atoms with van der Waals surface area (Å²) in [7, 11) is 0. The largest absolute Gasteiger partial charge is 0.472 e. The van der Waals surface area contributed by atoms with Crippen LogP contribution in [0, 0.1) is 0 Å². The van der Waals surface area contributed by atoms with Crippen LogP contribution in [0.25, 0.3) is 0 Å². The first-order chi connectivity index (χ1) is 9.15. The summed E-state index contributed by atoms with van der Waals surface area (Å²) in [6.45, 7) is 4.30. The van der Waals surface area contributed by atoms with Crippen LogP contribution in [-0.4, -0.2) is 18.9 Å². The Morgan fingerprint density at radius 3 is 3.00 bits per heavy atom. The summed E-state index contributed by atoms with van der Waals surface area (Å²) in [4.78, 5) is 11.0. The first-order valence-electron chi connectivity index (χ1n) is 6.32. The van der Waals surface area contributed by atoms with E-state index < -0.39 is 6.29 Å². The number of carbonyl (C=O) groups excluding carboxylic acids is 1. The van der Waals surface area contributed by atoms with Gasteiger partial charge >= 0.3 is 5.97 Å². The van der Waals surface area contributed by atoms with Crippen LogP contribution >= 0.6 is 0 Å². The van der Waals surface area contributed by atoms with Gasteiger partial charge in [0.1, 0.15) is 0 Å². The minimum Gasteiger partial charge on any atom is -0.472 e. The van der Waals surface area contributed by atoms with E-state index in [0.717, 1.165) is 24.0 Å². The number of allylic oxidation sites excluding steroid dienone is 1. The zero-order valence-electron chi connectivity index (χ0n) is 11.2. The van der Waals surface area contributed by atoms with Gasteiger partial charge in [-0.3, -0.25) is 0 Å². The van der Waals surface area contributed by atoms with Gasteiger partial charge in [0, 0.05) is 11.6 Å². The number of cyclic esters (lactones) is 1. The van der Waals surface area contributed by atoms with Crippen molar-refractivity contribution in [3.05, 3.63) is 47.5 Å². The molecule has 1 aromatic heterocycles. The third-order valence-electron chi connectivity index (χ3n) is 2.91. The van der Waals surface area contributed by atoms with Gasteiger partial charge in [-0.05, 0) is 38.3 Å². The van der Waals surface area contributed by atoms with Crippen molar-refractivity contribution >= 4 is 5.97 Å². The molecule has 0 aliphatic carbocycles. The van der Waals surface area contributed by atoms with Gasteiger partial charge in [-0.2, -0.15) is 0 Å². The Kier molecular flexibility index (Phi) is 4.58. The molecular weight excluding hydrogens is 244 g/mol. The van der Waals surface area contributed by atoms with Crippen LogP contribution < -0.4 is 0 Å². The lowest BCUT2D eigenvalue weighted by molar-refractivity contribution is -0.157. The van der Waals surface area contributed by atoms with Crippen molar-refractivity contribution in [1.29, 1.82) is 0 Å². The Morgan fingerprint density at radius 1 is 1.53 bits per heavy atom. The van der Waals surface area contributed by atoms with Gasteiger partial charge in [0.05, 0.1) is 19.1 Å². The molecule has 19 heavy (non-hydrogen) atoms. The monoisotopic (exact) mass is 262 g/mol. The molecule has 1 aliphatic rings. The predicted octanol–water partition coefficient (Wildman–Crippen LogP) is 3.00. The SMILES string of the molecule is CC1=CC(=O)O[C@H]1OC/C(C)=C/CCc1ccoc1. The second-order valence-corrected chi connectivity index (χ2v) is 4.69. The van der Waals surface area contributed by atoms with E-state index in [2.05, 4.69) is 6.08 Å². The van der Waals surface area contributed by atoms with Gasteiger partial charge in [0.15, 0.2) is 0 Å². The summed E-state index contributed by atoms with van der Waals surface area (Å²) in [5.74, 6) is -0.330. The van der Waals surface area contributed by atoms with Crippen molar-refractivity contribution in [3.8, 4) is 0 Å². The average molecular weight is 262 g/mol. The zero-order chi connectivity index (χ0) is 13.7. The fraction of sp³-hybridized carbons (Fsp3) is 0.400. The second kappa shape index (κ2) is 6.38. The maximum Gasteiger partial charge on any atom is 0.333 e. The van der Waals surface area contributed by atoms with Crippen molar-refractivity contribution in [1.82, 2.24) is 0 Å². The molecule has 2 heterocycles. The standard InChI is InChI=1S/C15H18O4/c1-11(4-3-5-13-6-7-17-10-13)9-18-15-12(2)8-14(16)19-15/h4,6-8,10,15H,3,5,9H2,1-2H3/b11-4+/t15-/m1/s1. The van der Waals surface area contributed by atoms with Gasteiger partial charge < -0.3 is 13.9 Å². The summed E-state index contributed by atoms with van der Waals surface area (Å²) < 4.78 is 15.5. The maximum atomic E-state index is 11.0. The highest BCUT2D eigenvalue weighted by atomic mass is 16.7. The lowest BCUT2D eigenvalue weighted by Crippen LogP contribution is -2.16. The number of aryl methyl sites for hydroxylation is 1. The van der Waals surface area contributed by atoms with E-state index in [1.807, 2.05) is 19.9 Å². The van der Waals surface area contributed by atoms with E-state index in [4.69, 9.17) is 13.9 Å². The summed E-state index contributed by atoms with van der Waals surface area (Å²) in [5.41, 5.74) is 3.13. The van der Waals surface area contributed by atoms with Crippen molar-refractivity contribution in [2.75, 3.05) is 6.61 Å². The lowest BCUT2D eigenvalue weighted by Gasteiger charge is -2.13. The molecule has 0 N–H and O–H groups in total. The van der Waals surface area contributed by atoms with Crippen molar-refractivity contribution in [2.45, 2.75) is 33.0 Å². The summed E-state index contributed by atoms with van der Waals surface area (Å²) >= 11 is 0. The topological polar surface area (TPSA) is 48.7 Å². The highest BCUT2D eigenvalue weighted by Crippen LogP contribution is 2.16. The number of carbonyl (C=O) groups is 1. The third kappa shape index (κ3) is 4.10. The van der Waals surface area contributed by atoms with E-state index in [1.54, 1.807) is 12.5 Å². The van der Waals surface area contributed by atoms with Crippen LogP contribution in [-0.2, 0) is 20.7 Å². The molecule has 0 spiro atoms. The van der Waals surface area contributed by atoms with Crippen molar-refractivity contribution in [2.24, 2.45) is 0 Å². The molecule has 4 heteroatoms. The first-order valence-corrected chi connectivity index (χ1v) is 6.32. The number of esters is 1. The Balaban J connectivity index is 1.70. The quantitative estimate of drug-likeness (QED) is 0.584. The number of hydrogen-bond acceptors (Lipinski definition) is 4. The molecule has 1 atom stereocenters. The molecule has 0 aromatic carbocycles. The van der Waals surface area contributed by atoms with Crippen LogP contribution in [0.5, 0.6) is 0 Å². The molecule has 0 amide bonds. The van der Waals surface area contributed by atoms with Crippen LogP contribution in [0.3, 0.4) is 0 Å². The summed E-state index contributed by atoms with van der Waals surface area (Å²) in [5, 5.41) is 0. The molecule has 1 aliphatic heterocycles. The number of hydrogen-bond donors (Lipinski definition) is 0. The summed E-state index contributed by atoms with van der Waals surface area (Å²) in [6, 6.07) is 1.96. The average Bonchev–Trinajstić information content (AvgIpc) is 2.97. The van der Waals surface area contributed by atoms with Crippen LogP contribution in [0.1, 0.15) is 25.8 Å². The lowest BCUT2D eigenvalue weighted by atomic mass is 10.1. The fourth-order valence-corrected chi connectivity index (χ4v) is 1.84. The maximum absolute atomic E-state index is 11.0. The van der Waals surface area contributed by atoms with E-state index >= 15 is 0 Å². The van der Waals surface area contributed by atoms with Gasteiger partial charge in [-0.1, -0.05) is 11.6 Å². The van der Waals surface area contributed by atoms with E-state index in [1.165, 1.54) is 11.6 Å². The smallest absolute Gasteiger partial charge is 0.333 e. The van der Waals surface area contributed by atoms with Gasteiger partial charge in [-0.25, -0.2) is 4.79 Å². The van der Waals surface area contributed by atoms with Crippen molar-refractivity contribution in [3.63, 3.8) is 0 Å². The van der Waals surface area contributed by atoms with Crippen LogP contribution in [0.4, 0.5) is 0 Å². The number of furan rings is 1. The van der Waals surface area contributed by atoms with E-state index in [0.29, 0.717) is 6.61 Å². The molecular formula is C15H18O4. The molecule has 0 radical (unpaired) electrons. The first kappa shape index (κ1) is 13.6. The third-order valence-corrected chi connectivity index (χ3v) is 2.91.